The van der Waals surface area contributed by atoms with Crippen LogP contribution in [-0.4, -0.2) is 0 Å². The summed E-state index contributed by atoms with van der Waals surface area (Å²) in [5, 5.41) is 0. The minimum Gasteiger partial charge on any atom is -0.0703 e. The Morgan fingerprint density at radius 1 is 0.800 bits per heavy atom. The van der Waals surface area contributed by atoms with E-state index in [4.69, 9.17) is 0 Å². The van der Waals surface area contributed by atoms with E-state index in [9.17, 15) is 0 Å². The Labute approximate surface area is 63.6 Å². The van der Waals surface area contributed by atoms with Crippen molar-refractivity contribution in [3.63, 3.8) is 0 Å². The van der Waals surface area contributed by atoms with E-state index >= 15 is 0 Å². The van der Waals surface area contributed by atoms with E-state index in [-0.39, 0.29) is 0 Å². The van der Waals surface area contributed by atoms with Crippen molar-refractivity contribution in [3.05, 3.63) is 23.3 Å². The molecule has 0 saturated carbocycles. The third kappa shape index (κ3) is 7.04. The van der Waals surface area contributed by atoms with E-state index in [0.717, 1.165) is 0 Å². The summed E-state index contributed by atoms with van der Waals surface area (Å²) in [6.07, 6.45) is 3.83. The number of hydrogen-bond acceptors (Lipinski definition) is 0. The van der Waals surface area contributed by atoms with Crippen LogP contribution in [0.5, 0.6) is 0 Å². The lowest BCUT2D eigenvalue weighted by Crippen LogP contribution is -1.61. The second-order valence-corrected chi connectivity index (χ2v) is 2.73. The zero-order chi connectivity index (χ0) is 7.98. The van der Waals surface area contributed by atoms with Crippen LogP contribution in [0.25, 0.3) is 0 Å². The lowest BCUT2D eigenvalue weighted by molar-refractivity contribution is 1.40. The van der Waals surface area contributed by atoms with Crippen molar-refractivity contribution < 1.29 is 0 Å². The summed E-state index contributed by atoms with van der Waals surface area (Å²) in [6, 6.07) is 0. The first-order chi connectivity index (χ1) is 4.63. The van der Waals surface area contributed by atoms with Gasteiger partial charge in [-0.05, 0) is 39.8 Å². The first-order valence-electron chi connectivity index (χ1n) is 3.40. The van der Waals surface area contributed by atoms with E-state index in [1.807, 2.05) is 39.8 Å². The normalized spacial score (nSPS) is 7.20. The molecule has 0 spiro atoms. The molecular formula is C10H14. The Bertz CT molecular complexity index is 176. The predicted octanol–water partition coefficient (Wildman–Crippen LogP) is 2.92. The highest BCUT2D eigenvalue weighted by Crippen LogP contribution is 1.87. The van der Waals surface area contributed by atoms with E-state index < -0.39 is 0 Å². The average molecular weight is 134 g/mol. The lowest BCUT2D eigenvalue weighted by Gasteiger charge is -1.78. The van der Waals surface area contributed by atoms with Gasteiger partial charge in [-0.15, -0.1) is 0 Å². The van der Waals surface area contributed by atoms with Gasteiger partial charge in [-0.2, -0.15) is 0 Å². The molecule has 0 aromatic heterocycles. The Kier molecular flexibility index (Phi) is 4.41. The molecule has 0 aromatic carbocycles. The van der Waals surface area contributed by atoms with Crippen molar-refractivity contribution in [2.75, 3.05) is 0 Å². The van der Waals surface area contributed by atoms with Crippen molar-refractivity contribution in [2.45, 2.75) is 27.7 Å². The van der Waals surface area contributed by atoms with Crippen LogP contribution in [0.2, 0.25) is 0 Å². The zero-order valence-electron chi connectivity index (χ0n) is 7.15. The summed E-state index contributed by atoms with van der Waals surface area (Å²) in [7, 11) is 0. The fourth-order valence-electron chi connectivity index (χ4n) is 0.372. The van der Waals surface area contributed by atoms with Crippen LogP contribution in [0.4, 0.5) is 0 Å². The molecule has 54 valence electrons. The average Bonchev–Trinajstić information content (AvgIpc) is 1.79. The monoisotopic (exact) mass is 134 g/mol. The van der Waals surface area contributed by atoms with E-state index in [2.05, 4.69) is 11.8 Å². The van der Waals surface area contributed by atoms with Crippen molar-refractivity contribution in [3.8, 4) is 11.8 Å². The van der Waals surface area contributed by atoms with Crippen molar-refractivity contribution >= 4 is 0 Å². The molecule has 0 aliphatic heterocycles. The third-order valence-corrected chi connectivity index (χ3v) is 0.805. The van der Waals surface area contributed by atoms with Crippen molar-refractivity contribution in [2.24, 2.45) is 0 Å². The molecule has 0 heterocycles. The van der Waals surface area contributed by atoms with Gasteiger partial charge < -0.3 is 0 Å². The summed E-state index contributed by atoms with van der Waals surface area (Å²) in [6.45, 7) is 8.16. The SMILES string of the molecule is CC(C)=CC#CC=C(C)C. The van der Waals surface area contributed by atoms with Crippen LogP contribution in [0.15, 0.2) is 23.3 Å². The molecule has 0 aromatic rings. The van der Waals surface area contributed by atoms with Crippen LogP contribution in [0, 0.1) is 11.8 Å². The first-order valence-corrected chi connectivity index (χ1v) is 3.40. The van der Waals surface area contributed by atoms with E-state index in [1.165, 1.54) is 11.1 Å². The number of hydrogen-bond donors (Lipinski definition) is 0. The molecule has 0 rings (SSSR count). The summed E-state index contributed by atoms with van der Waals surface area (Å²) in [5.74, 6) is 5.86. The second kappa shape index (κ2) is 4.88. The van der Waals surface area contributed by atoms with Gasteiger partial charge in [-0.1, -0.05) is 23.0 Å². The van der Waals surface area contributed by atoms with Crippen LogP contribution in [0.1, 0.15) is 27.7 Å². The quantitative estimate of drug-likeness (QED) is 0.447. The molecule has 0 bridgehead atoms. The molecule has 0 aliphatic carbocycles. The molecule has 0 atom stereocenters. The summed E-state index contributed by atoms with van der Waals surface area (Å²) in [4.78, 5) is 0. The molecule has 0 fully saturated rings. The Morgan fingerprint density at radius 2 is 1.10 bits per heavy atom. The minimum atomic E-state index is 1.25. The molecule has 0 N–H and O–H groups in total. The maximum absolute atomic E-state index is 2.93. The largest absolute Gasteiger partial charge is 0.0703 e. The van der Waals surface area contributed by atoms with Gasteiger partial charge in [0.1, 0.15) is 0 Å². The molecule has 0 nitrogen and oxygen atoms in total. The van der Waals surface area contributed by atoms with Crippen molar-refractivity contribution in [1.82, 2.24) is 0 Å². The second-order valence-electron chi connectivity index (χ2n) is 2.73. The van der Waals surface area contributed by atoms with E-state index in [0.29, 0.717) is 0 Å². The summed E-state index contributed by atoms with van der Waals surface area (Å²) in [5.41, 5.74) is 2.49. The predicted molar refractivity (Wildman–Crippen MR) is 46.6 cm³/mol. The molecule has 0 unspecified atom stereocenters. The summed E-state index contributed by atoms with van der Waals surface area (Å²) >= 11 is 0. The highest BCUT2D eigenvalue weighted by Gasteiger charge is 1.69. The van der Waals surface area contributed by atoms with Crippen LogP contribution >= 0.6 is 0 Å². The van der Waals surface area contributed by atoms with Gasteiger partial charge in [-0.25, -0.2) is 0 Å². The van der Waals surface area contributed by atoms with Gasteiger partial charge in [-0.3, -0.25) is 0 Å². The fraction of sp³-hybridized carbons (Fsp3) is 0.400. The van der Waals surface area contributed by atoms with Gasteiger partial charge in [0.05, 0.1) is 0 Å². The summed E-state index contributed by atoms with van der Waals surface area (Å²) < 4.78 is 0. The zero-order valence-corrected chi connectivity index (χ0v) is 7.15. The maximum Gasteiger partial charge on any atom is -0.0129 e. The van der Waals surface area contributed by atoms with Crippen LogP contribution in [0.3, 0.4) is 0 Å². The topological polar surface area (TPSA) is 0 Å². The Morgan fingerprint density at radius 3 is 1.30 bits per heavy atom. The highest BCUT2D eigenvalue weighted by molar-refractivity contribution is 5.26. The van der Waals surface area contributed by atoms with Gasteiger partial charge in [0, 0.05) is 0 Å². The molecule has 10 heavy (non-hydrogen) atoms. The molecule has 0 aliphatic rings. The highest BCUT2D eigenvalue weighted by atomic mass is 13.7. The maximum atomic E-state index is 2.93. The first kappa shape index (κ1) is 9.04. The van der Waals surface area contributed by atoms with Gasteiger partial charge in [0.15, 0.2) is 0 Å². The third-order valence-electron chi connectivity index (χ3n) is 0.805. The Balaban J connectivity index is 3.96. The molecular weight excluding hydrogens is 120 g/mol. The van der Waals surface area contributed by atoms with Gasteiger partial charge in [0.25, 0.3) is 0 Å². The number of rotatable bonds is 0. The van der Waals surface area contributed by atoms with Crippen molar-refractivity contribution in [1.29, 1.82) is 0 Å². The Hall–Kier alpha value is -0.960. The standard InChI is InChI=1S/C10H14/c1-9(2)7-5-6-8-10(3)4/h7-8H,1-4H3. The van der Waals surface area contributed by atoms with Crippen LogP contribution in [-0.2, 0) is 0 Å². The minimum absolute atomic E-state index is 1.25. The van der Waals surface area contributed by atoms with Crippen LogP contribution < -0.4 is 0 Å². The van der Waals surface area contributed by atoms with E-state index in [1.54, 1.807) is 0 Å². The molecule has 0 saturated heterocycles. The molecule has 0 heteroatoms. The molecule has 0 radical (unpaired) electrons. The fourth-order valence-corrected chi connectivity index (χ4v) is 0.372. The van der Waals surface area contributed by atoms with Gasteiger partial charge >= 0.3 is 0 Å². The van der Waals surface area contributed by atoms with Gasteiger partial charge in [0.2, 0.25) is 0 Å². The smallest absolute Gasteiger partial charge is 0.0129 e. The molecule has 0 amide bonds. The lowest BCUT2D eigenvalue weighted by atomic mass is 10.3. The number of allylic oxidation sites excluding steroid dienone is 4.